The molecule has 0 aliphatic carbocycles. The molecule has 0 saturated carbocycles. The van der Waals surface area contributed by atoms with E-state index in [4.69, 9.17) is 4.74 Å². The van der Waals surface area contributed by atoms with E-state index in [1.54, 1.807) is 18.2 Å². The van der Waals surface area contributed by atoms with Crippen LogP contribution in [0.2, 0.25) is 0 Å². The molecular weight excluding hydrogens is 352 g/mol. The second kappa shape index (κ2) is 12.7. The number of allylic oxidation sites excluding steroid dienone is 3. The molecule has 0 bridgehead atoms. The van der Waals surface area contributed by atoms with Crippen LogP contribution in [0.1, 0.15) is 59.8 Å². The van der Waals surface area contributed by atoms with Gasteiger partial charge in [-0.2, -0.15) is 0 Å². The molecule has 1 unspecified atom stereocenters. The minimum absolute atomic E-state index is 0.00847. The van der Waals surface area contributed by atoms with E-state index in [9.17, 15) is 15.0 Å². The summed E-state index contributed by atoms with van der Waals surface area (Å²) in [6.45, 7) is 12.0. The van der Waals surface area contributed by atoms with Crippen molar-refractivity contribution in [2.24, 2.45) is 17.8 Å². The smallest absolute Gasteiger partial charge is 0.306 e. The van der Waals surface area contributed by atoms with Crippen molar-refractivity contribution >= 4 is 5.97 Å². The zero-order valence-electron chi connectivity index (χ0n) is 17.9. The van der Waals surface area contributed by atoms with Crippen LogP contribution in [0, 0.1) is 17.8 Å². The maximum atomic E-state index is 12.5. The largest absolute Gasteiger partial charge is 0.459 e. The fraction of sp³-hybridized carbons (Fsp3) is 0.625. The number of unbranched alkanes of at least 4 members (excludes halogenated alkanes) is 1. The first kappa shape index (κ1) is 24.4. The maximum Gasteiger partial charge on any atom is 0.306 e. The number of carbonyl (C=O) groups excluding carboxylic acids is 1. The monoisotopic (exact) mass is 390 g/mol. The van der Waals surface area contributed by atoms with Gasteiger partial charge in [-0.25, -0.2) is 0 Å². The predicted molar refractivity (Wildman–Crippen MR) is 115 cm³/mol. The Morgan fingerprint density at radius 2 is 1.96 bits per heavy atom. The Hall–Kier alpha value is -1.65. The van der Waals surface area contributed by atoms with Crippen molar-refractivity contribution in [2.75, 3.05) is 0 Å². The first-order valence-corrected chi connectivity index (χ1v) is 10.5. The minimum atomic E-state index is -0.938. The van der Waals surface area contributed by atoms with Crippen molar-refractivity contribution in [3.05, 3.63) is 48.6 Å². The fourth-order valence-corrected chi connectivity index (χ4v) is 3.11. The van der Waals surface area contributed by atoms with E-state index >= 15 is 0 Å². The lowest BCUT2D eigenvalue weighted by Crippen LogP contribution is -2.35. The molecule has 4 nitrogen and oxygen atoms in total. The van der Waals surface area contributed by atoms with Crippen molar-refractivity contribution in [1.82, 2.24) is 0 Å². The van der Waals surface area contributed by atoms with Crippen LogP contribution in [0.5, 0.6) is 0 Å². The van der Waals surface area contributed by atoms with E-state index in [2.05, 4.69) is 19.6 Å². The number of carbonyl (C=O) groups is 1. The van der Waals surface area contributed by atoms with Gasteiger partial charge < -0.3 is 14.9 Å². The summed E-state index contributed by atoms with van der Waals surface area (Å²) in [4.78, 5) is 12.5. The Labute approximate surface area is 170 Å². The van der Waals surface area contributed by atoms with Crippen molar-refractivity contribution in [3.63, 3.8) is 0 Å². The van der Waals surface area contributed by atoms with Crippen LogP contribution in [0.4, 0.5) is 0 Å². The Bertz CT molecular complexity index is 575. The van der Waals surface area contributed by atoms with Gasteiger partial charge in [0.15, 0.2) is 0 Å². The van der Waals surface area contributed by atoms with Gasteiger partial charge in [-0.15, -0.1) is 0 Å². The van der Waals surface area contributed by atoms with Gasteiger partial charge in [0.2, 0.25) is 0 Å². The quantitative estimate of drug-likeness (QED) is 0.538. The Morgan fingerprint density at radius 1 is 1.25 bits per heavy atom. The van der Waals surface area contributed by atoms with Crippen LogP contribution in [0.3, 0.4) is 0 Å². The molecule has 1 aliphatic heterocycles. The van der Waals surface area contributed by atoms with E-state index in [-0.39, 0.29) is 30.1 Å². The molecule has 0 saturated heterocycles. The van der Waals surface area contributed by atoms with Crippen molar-refractivity contribution in [1.29, 1.82) is 0 Å². The first-order valence-electron chi connectivity index (χ1n) is 10.5. The van der Waals surface area contributed by atoms with Gasteiger partial charge >= 0.3 is 5.97 Å². The number of aliphatic hydroxyl groups excluding tert-OH is 2. The lowest BCUT2D eigenvalue weighted by Gasteiger charge is -2.26. The molecule has 1 aliphatic rings. The van der Waals surface area contributed by atoms with Crippen molar-refractivity contribution in [2.45, 2.75) is 78.1 Å². The lowest BCUT2D eigenvalue weighted by atomic mass is 9.94. The maximum absolute atomic E-state index is 12.5. The summed E-state index contributed by atoms with van der Waals surface area (Å²) in [5, 5.41) is 21.0. The second-order valence-corrected chi connectivity index (χ2v) is 7.99. The molecule has 4 heteroatoms. The van der Waals surface area contributed by atoms with E-state index in [0.29, 0.717) is 0 Å². The molecule has 0 aromatic heterocycles. The number of cyclic esters (lactones) is 1. The van der Waals surface area contributed by atoms with E-state index in [0.717, 1.165) is 31.3 Å². The van der Waals surface area contributed by atoms with Gasteiger partial charge in [0, 0.05) is 11.8 Å². The zero-order valence-corrected chi connectivity index (χ0v) is 17.9. The number of rotatable bonds is 4. The number of ether oxygens (including phenoxy) is 1. The number of esters is 1. The summed E-state index contributed by atoms with van der Waals surface area (Å²) in [6.07, 6.45) is 12.8. The Morgan fingerprint density at radius 3 is 2.64 bits per heavy atom. The molecule has 28 heavy (non-hydrogen) atoms. The van der Waals surface area contributed by atoms with Gasteiger partial charge in [0.25, 0.3) is 0 Å². The van der Waals surface area contributed by atoms with Crippen LogP contribution in [0.25, 0.3) is 0 Å². The highest BCUT2D eigenvalue weighted by Crippen LogP contribution is 2.23. The molecule has 0 aromatic carbocycles. The molecule has 0 amide bonds. The molecule has 6 atom stereocenters. The Balaban J connectivity index is 3.06. The summed E-state index contributed by atoms with van der Waals surface area (Å²) in [5.41, 5.74) is 0.991. The topological polar surface area (TPSA) is 66.8 Å². The number of aliphatic hydroxyl groups is 2. The normalized spacial score (nSPS) is 33.1. The molecule has 0 radical (unpaired) electrons. The lowest BCUT2D eigenvalue weighted by molar-refractivity contribution is -0.156. The van der Waals surface area contributed by atoms with Crippen molar-refractivity contribution < 1.29 is 19.7 Å². The van der Waals surface area contributed by atoms with Gasteiger partial charge in [0.1, 0.15) is 12.2 Å². The van der Waals surface area contributed by atoms with Gasteiger partial charge in [-0.1, -0.05) is 82.7 Å². The van der Waals surface area contributed by atoms with Crippen LogP contribution in [-0.2, 0) is 9.53 Å². The van der Waals surface area contributed by atoms with Crippen LogP contribution in [-0.4, -0.2) is 34.5 Å². The minimum Gasteiger partial charge on any atom is -0.459 e. The molecule has 158 valence electrons. The average molecular weight is 391 g/mol. The molecule has 0 aromatic rings. The molecular formula is C24H38O4. The van der Waals surface area contributed by atoms with Crippen LogP contribution in [0.15, 0.2) is 48.6 Å². The second-order valence-electron chi connectivity index (χ2n) is 7.99. The molecule has 0 fully saturated rings. The highest BCUT2D eigenvalue weighted by atomic mass is 16.6. The first-order chi connectivity index (χ1) is 13.3. The summed E-state index contributed by atoms with van der Waals surface area (Å²) in [5.74, 6) is -0.584. The Kier molecular flexibility index (Phi) is 11.1. The molecule has 1 heterocycles. The SMILES string of the molecule is C=C1CC/C=C/[C@H](O)[C@H](C)C=C[C@@H](O)C([C@H](C)/C=C/CCC)OC(=O)C[C@H]1C. The fourth-order valence-electron chi connectivity index (χ4n) is 3.11. The van der Waals surface area contributed by atoms with Crippen LogP contribution >= 0.6 is 0 Å². The highest BCUT2D eigenvalue weighted by Gasteiger charge is 2.27. The van der Waals surface area contributed by atoms with Gasteiger partial charge in [-0.3, -0.25) is 4.79 Å². The van der Waals surface area contributed by atoms with Crippen molar-refractivity contribution in [3.8, 4) is 0 Å². The predicted octanol–water partition coefficient (Wildman–Crippen LogP) is 4.74. The summed E-state index contributed by atoms with van der Waals surface area (Å²) in [7, 11) is 0. The summed E-state index contributed by atoms with van der Waals surface area (Å²) < 4.78 is 5.70. The van der Waals surface area contributed by atoms with E-state index in [1.165, 1.54) is 0 Å². The molecule has 0 spiro atoms. The third kappa shape index (κ3) is 8.57. The van der Waals surface area contributed by atoms with E-state index in [1.807, 2.05) is 32.9 Å². The number of hydrogen-bond acceptors (Lipinski definition) is 4. The van der Waals surface area contributed by atoms with E-state index < -0.39 is 18.3 Å². The van der Waals surface area contributed by atoms with Crippen LogP contribution < -0.4 is 0 Å². The third-order valence-electron chi connectivity index (χ3n) is 5.30. The zero-order chi connectivity index (χ0) is 21.1. The summed E-state index contributed by atoms with van der Waals surface area (Å²) in [6, 6.07) is 0. The number of hydrogen-bond donors (Lipinski definition) is 2. The molecule has 1 rings (SSSR count). The van der Waals surface area contributed by atoms with Gasteiger partial charge in [0.05, 0.1) is 12.5 Å². The average Bonchev–Trinajstić information content (AvgIpc) is 2.66. The summed E-state index contributed by atoms with van der Waals surface area (Å²) >= 11 is 0. The van der Waals surface area contributed by atoms with Gasteiger partial charge in [-0.05, 0) is 25.2 Å². The third-order valence-corrected chi connectivity index (χ3v) is 5.30. The molecule has 2 N–H and O–H groups in total. The highest BCUT2D eigenvalue weighted by molar-refractivity contribution is 5.70. The standard InChI is InChI=1S/C24H38O4/c1-6-7-8-12-19(4)24-22(26)15-14-18(3)21(25)13-10-9-11-17(2)20(5)16-23(27)28-24/h8,10,12-15,18-22,24-26H,2,6-7,9,11,16H2,1,3-5H3/b12-8+,13-10+,15-14?/t18-,19-,20-,21+,22-,24?/m1/s1.